The number of nitro groups is 1. The molecule has 0 fully saturated rings. The van der Waals surface area contributed by atoms with Gasteiger partial charge in [-0.25, -0.2) is 4.98 Å². The van der Waals surface area contributed by atoms with E-state index in [2.05, 4.69) is 15.6 Å². The largest absolute Gasteiger partial charge is 0.481 e. The number of amides is 2. The van der Waals surface area contributed by atoms with Gasteiger partial charge in [-0.15, -0.1) is 0 Å². The number of carbonyl (C=O) groups excluding carboxylic acids is 4. The van der Waals surface area contributed by atoms with Crippen molar-refractivity contribution < 1.29 is 97.1 Å². The summed E-state index contributed by atoms with van der Waals surface area (Å²) in [6.45, 7) is 5.59. The first-order valence-electron chi connectivity index (χ1n) is 22.5. The van der Waals surface area contributed by atoms with Gasteiger partial charge in [-0.05, 0) is 55.4 Å². The van der Waals surface area contributed by atoms with Crippen LogP contribution in [0.15, 0.2) is 23.4 Å². The molecule has 0 saturated heterocycles. The highest BCUT2D eigenvalue weighted by molar-refractivity contribution is 8.76. The highest BCUT2D eigenvalue weighted by Crippen LogP contribution is 2.35. The first-order valence-corrected chi connectivity index (χ1v) is 24.7. The van der Waals surface area contributed by atoms with Crippen molar-refractivity contribution in [3.8, 4) is 0 Å². The van der Waals surface area contributed by atoms with E-state index in [0.29, 0.717) is 56.6 Å². The van der Waals surface area contributed by atoms with E-state index in [4.69, 9.17) is 63.1 Å². The molecule has 7 atom stereocenters. The number of rotatable bonds is 39. The Kier molecular flexibility index (Phi) is 43.9. The van der Waals surface area contributed by atoms with Crippen molar-refractivity contribution in [2.45, 2.75) is 139 Å². The maximum Gasteiger partial charge on any atom is 0.305 e. The molecule has 406 valence electrons. The molecular formula is C43H76N4O21S2. The van der Waals surface area contributed by atoms with Gasteiger partial charge < -0.3 is 78.8 Å². The Balaban J connectivity index is 0. The van der Waals surface area contributed by atoms with E-state index in [9.17, 15) is 39.2 Å². The topological polar surface area (TPSA) is 350 Å². The average molecular weight is 1050 g/mol. The van der Waals surface area contributed by atoms with Crippen molar-refractivity contribution in [2.75, 3.05) is 81.2 Å². The number of nitrogens with zero attached hydrogens (tertiary/aromatic N) is 2. The van der Waals surface area contributed by atoms with Crippen molar-refractivity contribution in [3.63, 3.8) is 0 Å². The number of pyridine rings is 1. The van der Waals surface area contributed by atoms with Crippen LogP contribution >= 0.6 is 21.6 Å². The zero-order valence-electron chi connectivity index (χ0n) is 41.2. The van der Waals surface area contributed by atoms with E-state index in [1.165, 1.54) is 51.5 Å². The second kappa shape index (κ2) is 45.1. The summed E-state index contributed by atoms with van der Waals surface area (Å²) in [5, 5.41) is 60.9. The molecule has 0 spiro atoms. The molecule has 2 amide bonds. The minimum atomic E-state index is -0.961. The first kappa shape index (κ1) is 68.2. The highest BCUT2D eigenvalue weighted by atomic mass is 33.1. The number of aromatic nitrogens is 1. The van der Waals surface area contributed by atoms with Crippen LogP contribution in [-0.2, 0) is 66.6 Å². The van der Waals surface area contributed by atoms with Gasteiger partial charge in [0.1, 0.15) is 24.4 Å². The smallest absolute Gasteiger partial charge is 0.305 e. The maximum absolute atomic E-state index is 12.1. The van der Waals surface area contributed by atoms with Crippen LogP contribution in [0, 0.1) is 10.1 Å². The lowest BCUT2D eigenvalue weighted by Crippen LogP contribution is -2.32. The zero-order chi connectivity index (χ0) is 53.1. The van der Waals surface area contributed by atoms with Crippen molar-refractivity contribution in [1.82, 2.24) is 15.6 Å². The van der Waals surface area contributed by atoms with Gasteiger partial charge >= 0.3 is 17.9 Å². The van der Waals surface area contributed by atoms with Crippen molar-refractivity contribution in [3.05, 3.63) is 28.4 Å². The van der Waals surface area contributed by atoms with Crippen molar-refractivity contribution >= 4 is 57.0 Å². The summed E-state index contributed by atoms with van der Waals surface area (Å²) in [7, 11) is 8.53. The summed E-state index contributed by atoms with van der Waals surface area (Å²) in [5.74, 6) is -2.22. The van der Waals surface area contributed by atoms with Gasteiger partial charge in [0.2, 0.25) is 11.8 Å². The van der Waals surface area contributed by atoms with Gasteiger partial charge in [0.25, 0.3) is 5.69 Å². The number of esters is 2. The molecule has 7 N–H and O–H groups in total. The Bertz CT molecular complexity index is 1510. The number of carboxylic acids is 1. The average Bonchev–Trinajstić information content (AvgIpc) is 3.36. The normalized spacial score (nSPS) is 13.9. The third-order valence-corrected chi connectivity index (χ3v) is 11.8. The van der Waals surface area contributed by atoms with Crippen LogP contribution in [0.25, 0.3) is 0 Å². The highest BCUT2D eigenvalue weighted by Gasteiger charge is 2.19. The van der Waals surface area contributed by atoms with Gasteiger partial charge in [0.05, 0.1) is 43.6 Å². The summed E-state index contributed by atoms with van der Waals surface area (Å²) in [5.41, 5.74) is -0.0549. The third kappa shape index (κ3) is 37.9. The Labute approximate surface area is 417 Å². The van der Waals surface area contributed by atoms with Crippen LogP contribution in [0.4, 0.5) is 5.69 Å². The molecule has 7 unspecified atom stereocenters. The molecule has 1 aromatic rings. The molecule has 1 heterocycles. The number of carboxylic acid groups (broad SMARTS) is 1. The Hall–Kier alpha value is -3.84. The van der Waals surface area contributed by atoms with Crippen LogP contribution < -0.4 is 10.6 Å². The fraction of sp³-hybridized carbons (Fsp3) is 0.767. The van der Waals surface area contributed by atoms with E-state index in [-0.39, 0.29) is 101 Å². The molecule has 27 heteroatoms. The lowest BCUT2D eigenvalue weighted by atomic mass is 10.2. The second-order valence-corrected chi connectivity index (χ2v) is 17.2. The number of hydrogen-bond donors (Lipinski definition) is 7. The predicted octanol–water partition coefficient (Wildman–Crippen LogP) is 2.47. The Morgan fingerprint density at radius 3 is 1.57 bits per heavy atom. The molecule has 0 aliphatic rings. The quantitative estimate of drug-likeness (QED) is 0.0124. The summed E-state index contributed by atoms with van der Waals surface area (Å²) < 4.78 is 45.2. The molecule has 1 rings (SSSR count). The summed E-state index contributed by atoms with van der Waals surface area (Å²) in [6, 6.07) is 3.01. The molecular weight excluding hydrogens is 973 g/mol. The molecule has 0 aliphatic heterocycles. The van der Waals surface area contributed by atoms with Crippen LogP contribution in [0.3, 0.4) is 0 Å². The fourth-order valence-electron chi connectivity index (χ4n) is 4.82. The van der Waals surface area contributed by atoms with E-state index in [1.807, 2.05) is 20.8 Å². The Morgan fingerprint density at radius 2 is 1.14 bits per heavy atom. The minimum absolute atomic E-state index is 0.0104. The molecule has 0 bridgehead atoms. The fourth-order valence-corrected chi connectivity index (χ4v) is 6.88. The number of hydrogen-bond acceptors (Lipinski definition) is 23. The predicted molar refractivity (Wildman–Crippen MR) is 254 cm³/mol. The first-order chi connectivity index (χ1) is 33.5. The standard InChI is InChI=1S/C25H40N4O9S2.C11H20O8.C7H16O4/c1-4-20(16-30)38-25(36-3)17-37-24(33)8-5-7-21(31)26-13-6-14-27-22(32)11-9-18(2)39-40-23-12-10-19(15-28-23)29(34)35;1-16-10(6-12)19-11(17-2)7-18-9(15)5-3-4-8(13)14;1-3-6(4-8)11-7(5-9)10-2/h10,12,15,18,20,25,30H,4-9,11,13-14,16-17H2,1-3H3,(H,26,31)(H,27,32);10-12H,3-7H2,1-2H3,(H,13,14);6-9H,3-5H2,1-2H3. The van der Waals surface area contributed by atoms with Crippen LogP contribution in [-0.4, -0.2) is 189 Å². The second-order valence-electron chi connectivity index (χ2n) is 14.5. The number of aliphatic carboxylic acids is 1. The zero-order valence-corrected chi connectivity index (χ0v) is 42.8. The maximum atomic E-state index is 12.1. The van der Waals surface area contributed by atoms with Gasteiger partial charge in [-0.3, -0.25) is 34.1 Å². The van der Waals surface area contributed by atoms with Crippen LogP contribution in [0.5, 0.6) is 0 Å². The molecule has 1 aromatic heterocycles. The van der Waals surface area contributed by atoms with E-state index in [1.54, 1.807) is 16.9 Å². The van der Waals surface area contributed by atoms with Gasteiger partial charge in [0, 0.05) is 84.9 Å². The van der Waals surface area contributed by atoms with Crippen LogP contribution in [0.2, 0.25) is 0 Å². The molecule has 70 heavy (non-hydrogen) atoms. The minimum Gasteiger partial charge on any atom is -0.481 e. The van der Waals surface area contributed by atoms with E-state index < -0.39 is 54.1 Å². The SMILES string of the molecule is CCC(CO)OC(CO)OC.CCC(CO)OC(COC(=O)CCCC(=O)NCCCNC(=O)CCC(C)SSc1ccc([N+](=O)[O-])cn1)OC.COC(CO)OC(COC(=O)CCCC(=O)O)OC. The van der Waals surface area contributed by atoms with Crippen LogP contribution in [0.1, 0.15) is 91.4 Å². The Morgan fingerprint density at radius 1 is 0.671 bits per heavy atom. The van der Waals surface area contributed by atoms with E-state index in [0.717, 1.165) is 0 Å². The summed E-state index contributed by atoms with van der Waals surface area (Å²) in [4.78, 5) is 71.6. The molecule has 0 aromatic carbocycles. The summed E-state index contributed by atoms with van der Waals surface area (Å²) in [6.07, 6.45) is 1.11. The number of nitrogens with one attached hydrogen (secondary N) is 2. The van der Waals surface area contributed by atoms with E-state index >= 15 is 0 Å². The monoisotopic (exact) mass is 1050 g/mol. The molecule has 0 saturated carbocycles. The molecule has 25 nitrogen and oxygen atoms in total. The lowest BCUT2D eigenvalue weighted by molar-refractivity contribution is -0.385. The number of aliphatic hydroxyl groups is 4. The van der Waals surface area contributed by atoms with Gasteiger partial charge in [-0.2, -0.15) is 0 Å². The summed E-state index contributed by atoms with van der Waals surface area (Å²) >= 11 is 0. The van der Waals surface area contributed by atoms with Gasteiger partial charge in [-0.1, -0.05) is 31.6 Å². The molecule has 0 radical (unpaired) electrons. The number of methoxy groups -OCH3 is 4. The lowest BCUT2D eigenvalue weighted by Gasteiger charge is -2.21. The van der Waals surface area contributed by atoms with Crippen molar-refractivity contribution in [1.29, 1.82) is 0 Å². The van der Waals surface area contributed by atoms with Crippen molar-refractivity contribution in [2.24, 2.45) is 0 Å². The number of ether oxygens (including phenoxy) is 9. The number of aliphatic hydroxyl groups excluding tert-OH is 4. The molecule has 0 aliphatic carbocycles. The van der Waals surface area contributed by atoms with Gasteiger partial charge in [0.15, 0.2) is 25.2 Å². The number of carbonyl (C=O) groups is 5. The third-order valence-electron chi connectivity index (χ3n) is 8.98.